The van der Waals surface area contributed by atoms with Crippen LogP contribution in [0.1, 0.15) is 80.5 Å². The van der Waals surface area contributed by atoms with Gasteiger partial charge in [0.25, 0.3) is 0 Å². The Kier molecular flexibility index (Phi) is 7.92. The van der Waals surface area contributed by atoms with Gasteiger partial charge in [-0.05, 0) is 68.7 Å². The van der Waals surface area contributed by atoms with Crippen molar-refractivity contribution in [1.29, 1.82) is 0 Å². The van der Waals surface area contributed by atoms with Gasteiger partial charge < -0.3 is 13.6 Å². The summed E-state index contributed by atoms with van der Waals surface area (Å²) in [6.45, 7) is 23.8. The zero-order valence-electron chi connectivity index (χ0n) is 23.3. The summed E-state index contributed by atoms with van der Waals surface area (Å²) in [7, 11) is -1.78. The van der Waals surface area contributed by atoms with Gasteiger partial charge in [-0.15, -0.1) is 0 Å². The molecule has 3 rings (SSSR count). The molecule has 4 heteroatoms. The molecule has 188 valence electrons. The van der Waals surface area contributed by atoms with Gasteiger partial charge >= 0.3 is 8.60 Å². The minimum absolute atomic E-state index is 0.109. The van der Waals surface area contributed by atoms with Crippen molar-refractivity contribution in [3.8, 4) is 17.2 Å². The van der Waals surface area contributed by atoms with Crippen LogP contribution in [0.25, 0.3) is 0 Å². The fourth-order valence-corrected chi connectivity index (χ4v) is 5.27. The normalized spacial score (nSPS) is 12.1. The van der Waals surface area contributed by atoms with E-state index in [-0.39, 0.29) is 10.8 Å². The van der Waals surface area contributed by atoms with E-state index in [4.69, 9.17) is 13.6 Å². The molecule has 0 spiro atoms. The van der Waals surface area contributed by atoms with E-state index in [2.05, 4.69) is 113 Å². The molecule has 0 fully saturated rings. The van der Waals surface area contributed by atoms with Gasteiger partial charge in [-0.1, -0.05) is 94.6 Å². The topological polar surface area (TPSA) is 27.7 Å². The van der Waals surface area contributed by atoms with E-state index >= 15 is 0 Å². The molecule has 0 aliphatic heterocycles. The van der Waals surface area contributed by atoms with E-state index in [0.717, 1.165) is 39.5 Å². The first-order valence-corrected chi connectivity index (χ1v) is 13.4. The van der Waals surface area contributed by atoms with E-state index in [0.29, 0.717) is 0 Å². The summed E-state index contributed by atoms with van der Waals surface area (Å²) in [5.41, 5.74) is 7.82. The van der Waals surface area contributed by atoms with Crippen molar-refractivity contribution in [2.24, 2.45) is 0 Å². The van der Waals surface area contributed by atoms with Gasteiger partial charge in [0.15, 0.2) is 0 Å². The number of benzene rings is 3. The second kappa shape index (κ2) is 10.2. The van der Waals surface area contributed by atoms with Crippen molar-refractivity contribution < 1.29 is 13.6 Å². The highest BCUT2D eigenvalue weighted by atomic mass is 31.2. The summed E-state index contributed by atoms with van der Waals surface area (Å²) in [6, 6.07) is 16.8. The van der Waals surface area contributed by atoms with Gasteiger partial charge in [0.1, 0.15) is 17.2 Å². The first-order valence-electron chi connectivity index (χ1n) is 12.3. The molecule has 0 saturated carbocycles. The average molecular weight is 493 g/mol. The van der Waals surface area contributed by atoms with Crippen LogP contribution in [0.4, 0.5) is 0 Å². The molecule has 3 nitrogen and oxygen atoms in total. The number of hydrogen-bond acceptors (Lipinski definition) is 3. The van der Waals surface area contributed by atoms with E-state index < -0.39 is 8.60 Å². The first kappa shape index (κ1) is 27.1. The van der Waals surface area contributed by atoms with Gasteiger partial charge in [0.2, 0.25) is 0 Å². The Morgan fingerprint density at radius 3 is 1.26 bits per heavy atom. The van der Waals surface area contributed by atoms with Crippen LogP contribution < -0.4 is 13.6 Å². The van der Waals surface area contributed by atoms with Crippen molar-refractivity contribution in [2.45, 2.75) is 87.0 Å². The summed E-state index contributed by atoms with van der Waals surface area (Å²) in [5.74, 6) is 2.40. The molecule has 0 N–H and O–H groups in total. The summed E-state index contributed by atoms with van der Waals surface area (Å²) in [4.78, 5) is 0. The van der Waals surface area contributed by atoms with Crippen LogP contribution in [0.3, 0.4) is 0 Å². The fraction of sp³-hybridized carbons (Fsp3) is 0.419. The second-order valence-corrected chi connectivity index (χ2v) is 12.7. The Labute approximate surface area is 213 Å². The summed E-state index contributed by atoms with van der Waals surface area (Å²) in [6.07, 6.45) is 0. The molecule has 0 aromatic heterocycles. The minimum Gasteiger partial charge on any atom is -0.408 e. The highest BCUT2D eigenvalue weighted by Gasteiger charge is 2.32. The van der Waals surface area contributed by atoms with Gasteiger partial charge in [0, 0.05) is 11.1 Å². The molecular formula is C31H41O3P. The smallest absolute Gasteiger partial charge is 0.408 e. The molecule has 0 radical (unpaired) electrons. The lowest BCUT2D eigenvalue weighted by molar-refractivity contribution is 0.374. The van der Waals surface area contributed by atoms with Crippen LogP contribution in [0.15, 0.2) is 48.5 Å². The van der Waals surface area contributed by atoms with Crippen molar-refractivity contribution in [3.63, 3.8) is 0 Å². The molecule has 0 saturated heterocycles. The summed E-state index contributed by atoms with van der Waals surface area (Å²) in [5, 5.41) is 0. The number of rotatable bonds is 6. The van der Waals surface area contributed by atoms with Crippen molar-refractivity contribution in [3.05, 3.63) is 87.5 Å². The van der Waals surface area contributed by atoms with Crippen LogP contribution in [-0.2, 0) is 10.8 Å². The Balaban J connectivity index is 2.13. The largest absolute Gasteiger partial charge is 0.530 e. The summed E-state index contributed by atoms with van der Waals surface area (Å²) >= 11 is 0. The highest BCUT2D eigenvalue weighted by molar-refractivity contribution is 7.43. The van der Waals surface area contributed by atoms with Gasteiger partial charge in [-0.3, -0.25) is 0 Å². The summed E-state index contributed by atoms with van der Waals surface area (Å²) < 4.78 is 19.7. The third-order valence-corrected chi connectivity index (χ3v) is 7.04. The Hall–Kier alpha value is -2.51. The second-order valence-electron chi connectivity index (χ2n) is 11.7. The predicted molar refractivity (Wildman–Crippen MR) is 149 cm³/mol. The van der Waals surface area contributed by atoms with Gasteiger partial charge in [-0.2, -0.15) is 0 Å². The molecule has 0 unspecified atom stereocenters. The lowest BCUT2D eigenvalue weighted by Crippen LogP contribution is -2.20. The van der Waals surface area contributed by atoms with Crippen molar-refractivity contribution >= 4 is 8.60 Å². The highest BCUT2D eigenvalue weighted by Crippen LogP contribution is 2.49. The molecule has 0 bridgehead atoms. The molecule has 0 atom stereocenters. The Morgan fingerprint density at radius 2 is 0.914 bits per heavy atom. The molecular weight excluding hydrogens is 451 g/mol. The number of aryl methyl sites for hydroxylation is 5. The lowest BCUT2D eigenvalue weighted by atomic mass is 9.78. The van der Waals surface area contributed by atoms with Gasteiger partial charge in [0.05, 0.1) is 0 Å². The third-order valence-electron chi connectivity index (χ3n) is 6.02. The van der Waals surface area contributed by atoms with Crippen molar-refractivity contribution in [1.82, 2.24) is 0 Å². The Bertz CT molecular complexity index is 1110. The average Bonchev–Trinajstić information content (AvgIpc) is 2.71. The van der Waals surface area contributed by atoms with Crippen molar-refractivity contribution in [2.75, 3.05) is 0 Å². The molecule has 35 heavy (non-hydrogen) atoms. The fourth-order valence-electron chi connectivity index (χ4n) is 4.08. The SMILES string of the molecule is Cc1ccc(OP(Oc2ccc(C)cc2C)Oc2c(C(C)(C)C)cc(C)cc2C(C)(C)C)c(C)c1. The van der Waals surface area contributed by atoms with Crippen LogP contribution in [0, 0.1) is 34.6 Å². The third kappa shape index (κ3) is 6.79. The maximum Gasteiger partial charge on any atom is 0.530 e. The zero-order chi connectivity index (χ0) is 26.1. The molecule has 3 aromatic rings. The zero-order valence-corrected chi connectivity index (χ0v) is 24.2. The van der Waals surface area contributed by atoms with Gasteiger partial charge in [-0.25, -0.2) is 0 Å². The Morgan fingerprint density at radius 1 is 0.514 bits per heavy atom. The maximum absolute atomic E-state index is 6.78. The van der Waals surface area contributed by atoms with Crippen LogP contribution in [0.5, 0.6) is 17.2 Å². The molecule has 0 aliphatic carbocycles. The molecule has 0 aliphatic rings. The minimum atomic E-state index is -1.78. The molecule has 0 heterocycles. The lowest BCUT2D eigenvalue weighted by Gasteiger charge is -2.31. The monoisotopic (exact) mass is 492 g/mol. The van der Waals surface area contributed by atoms with Crippen LogP contribution >= 0.6 is 8.60 Å². The van der Waals surface area contributed by atoms with E-state index in [1.54, 1.807) is 0 Å². The first-order chi connectivity index (χ1) is 16.1. The maximum atomic E-state index is 6.78. The van der Waals surface area contributed by atoms with E-state index in [1.807, 2.05) is 12.1 Å². The predicted octanol–water partition coefficient (Wildman–Crippen LogP) is 9.59. The quantitative estimate of drug-likeness (QED) is 0.321. The number of hydrogen-bond donors (Lipinski definition) is 0. The van der Waals surface area contributed by atoms with Crippen LogP contribution in [-0.4, -0.2) is 0 Å². The van der Waals surface area contributed by atoms with Crippen LogP contribution in [0.2, 0.25) is 0 Å². The van der Waals surface area contributed by atoms with E-state index in [9.17, 15) is 0 Å². The molecule has 3 aromatic carbocycles. The van der Waals surface area contributed by atoms with E-state index in [1.165, 1.54) is 16.7 Å². The standard InChI is InChI=1S/C31H41O3P/c1-20-12-14-27(23(4)16-20)32-35(33-28-15-13-21(2)17-24(28)5)34-29-25(30(6,7)8)18-22(3)19-26(29)31(9,10)11/h12-19H,1-11H3. The molecule has 0 amide bonds.